The number of hydrazine groups is 1. The Morgan fingerprint density at radius 2 is 1.92 bits per heavy atom. The van der Waals surface area contributed by atoms with Crippen molar-refractivity contribution in [1.82, 2.24) is 25.7 Å². The van der Waals surface area contributed by atoms with Crippen LogP contribution in [-0.4, -0.2) is 44.0 Å². The molecule has 14 heteroatoms. The van der Waals surface area contributed by atoms with Crippen molar-refractivity contribution in [3.63, 3.8) is 0 Å². The number of aromatic nitrogens is 3. The molecule has 11 nitrogen and oxygen atoms in total. The van der Waals surface area contributed by atoms with E-state index in [0.717, 1.165) is 12.3 Å². The van der Waals surface area contributed by atoms with Gasteiger partial charge >= 0.3 is 5.97 Å². The largest absolute Gasteiger partial charge is 0.476 e. The molecule has 190 valence electrons. The molecule has 9 N–H and O–H groups in total. The molecule has 0 spiro atoms. The van der Waals surface area contributed by atoms with E-state index in [0.29, 0.717) is 31.7 Å². The molecule has 3 aromatic rings. The predicted molar refractivity (Wildman–Crippen MR) is 124 cm³/mol. The average Bonchev–Trinajstić information content (AvgIpc) is 3.25. The lowest BCUT2D eigenvalue weighted by atomic mass is 9.91. The highest BCUT2D eigenvalue weighted by Gasteiger charge is 2.28. The Bertz CT molecular complexity index is 1360. The molecule has 0 saturated heterocycles. The quantitative estimate of drug-likeness (QED) is 0.143. The van der Waals surface area contributed by atoms with Crippen molar-refractivity contribution >= 4 is 28.6 Å². The van der Waals surface area contributed by atoms with Crippen molar-refractivity contribution in [3.8, 4) is 11.4 Å². The summed E-state index contributed by atoms with van der Waals surface area (Å²) in [7, 11) is 0. The third-order valence-corrected chi connectivity index (χ3v) is 5.92. The smallest absolute Gasteiger partial charge is 0.357 e. The van der Waals surface area contributed by atoms with Crippen molar-refractivity contribution in [2.45, 2.75) is 37.8 Å². The SMILES string of the molecule is N/C=C(\NN)C(=O)NC1CCCC(Nc2nc(-c3c[nH]c4c(F)cc(F)cc34)nc(C(=O)O)c2F)C1. The molecule has 2 heterocycles. The minimum absolute atomic E-state index is 0.0192. The number of aromatic carboxylic acids is 1. The molecule has 1 aromatic carbocycles. The molecule has 2 atom stereocenters. The molecule has 1 amide bonds. The maximum absolute atomic E-state index is 15.0. The number of fused-ring (bicyclic) bond motifs is 1. The van der Waals surface area contributed by atoms with Crippen LogP contribution in [0.25, 0.3) is 22.3 Å². The second kappa shape index (κ2) is 10.1. The van der Waals surface area contributed by atoms with Crippen LogP contribution in [-0.2, 0) is 4.79 Å². The minimum atomic E-state index is -1.64. The Morgan fingerprint density at radius 1 is 1.17 bits per heavy atom. The van der Waals surface area contributed by atoms with E-state index in [2.05, 4.69) is 31.0 Å². The average molecular weight is 504 g/mol. The van der Waals surface area contributed by atoms with Gasteiger partial charge in [0, 0.05) is 41.5 Å². The van der Waals surface area contributed by atoms with E-state index in [9.17, 15) is 23.5 Å². The zero-order valence-electron chi connectivity index (χ0n) is 18.7. The number of carboxylic acid groups (broad SMARTS) is 1. The van der Waals surface area contributed by atoms with Crippen LogP contribution in [0.15, 0.2) is 30.2 Å². The summed E-state index contributed by atoms with van der Waals surface area (Å²) < 4.78 is 43.0. The molecule has 1 aliphatic carbocycles. The van der Waals surface area contributed by atoms with Crippen molar-refractivity contribution in [2.24, 2.45) is 11.6 Å². The van der Waals surface area contributed by atoms with Gasteiger partial charge in [0.05, 0.1) is 5.52 Å². The maximum atomic E-state index is 15.0. The number of nitrogens with two attached hydrogens (primary N) is 2. The van der Waals surface area contributed by atoms with Gasteiger partial charge in [0.1, 0.15) is 17.3 Å². The molecule has 1 saturated carbocycles. The molecular formula is C22H23F3N8O3. The molecule has 2 unspecified atom stereocenters. The normalized spacial score (nSPS) is 18.2. The number of hydrogen-bond donors (Lipinski definition) is 7. The van der Waals surface area contributed by atoms with Gasteiger partial charge in [-0.05, 0) is 31.7 Å². The predicted octanol–water partition coefficient (Wildman–Crippen LogP) is 1.84. The fourth-order valence-corrected chi connectivity index (χ4v) is 4.24. The summed E-state index contributed by atoms with van der Waals surface area (Å²) in [5.41, 5.74) is 6.69. The lowest BCUT2D eigenvalue weighted by Crippen LogP contribution is -2.45. The highest BCUT2D eigenvalue weighted by atomic mass is 19.1. The van der Waals surface area contributed by atoms with E-state index < -0.39 is 35.0 Å². The van der Waals surface area contributed by atoms with Crippen LogP contribution in [0.2, 0.25) is 0 Å². The van der Waals surface area contributed by atoms with Crippen molar-refractivity contribution in [2.75, 3.05) is 5.32 Å². The number of benzene rings is 1. The first-order chi connectivity index (χ1) is 17.2. The number of carbonyl (C=O) groups is 2. The molecule has 36 heavy (non-hydrogen) atoms. The number of carbonyl (C=O) groups excluding carboxylic acids is 1. The first-order valence-corrected chi connectivity index (χ1v) is 10.9. The van der Waals surface area contributed by atoms with Gasteiger partial charge in [-0.25, -0.2) is 27.9 Å². The van der Waals surface area contributed by atoms with Gasteiger partial charge in [0.25, 0.3) is 5.91 Å². The first-order valence-electron chi connectivity index (χ1n) is 10.9. The molecule has 1 fully saturated rings. The molecule has 0 aliphatic heterocycles. The molecular weight excluding hydrogens is 481 g/mol. The van der Waals surface area contributed by atoms with E-state index in [4.69, 9.17) is 11.6 Å². The van der Waals surface area contributed by atoms with Crippen molar-refractivity contribution in [3.05, 3.63) is 53.4 Å². The highest BCUT2D eigenvalue weighted by molar-refractivity contribution is 5.95. The number of H-pyrrole nitrogens is 1. The molecule has 2 aromatic heterocycles. The lowest BCUT2D eigenvalue weighted by Gasteiger charge is -2.31. The molecule has 0 radical (unpaired) electrons. The molecule has 0 bridgehead atoms. The van der Waals surface area contributed by atoms with Crippen LogP contribution in [0.1, 0.15) is 36.2 Å². The van der Waals surface area contributed by atoms with Crippen molar-refractivity contribution in [1.29, 1.82) is 0 Å². The summed E-state index contributed by atoms with van der Waals surface area (Å²) in [6.45, 7) is 0. The summed E-state index contributed by atoms with van der Waals surface area (Å²) in [5, 5.41) is 15.2. The third-order valence-electron chi connectivity index (χ3n) is 5.92. The lowest BCUT2D eigenvalue weighted by molar-refractivity contribution is -0.118. The number of rotatable bonds is 7. The monoisotopic (exact) mass is 504 g/mol. The van der Waals surface area contributed by atoms with Crippen LogP contribution in [0.3, 0.4) is 0 Å². The van der Waals surface area contributed by atoms with E-state index in [1.807, 2.05) is 0 Å². The summed E-state index contributed by atoms with van der Waals surface area (Å²) in [4.78, 5) is 34.5. The fraction of sp³-hybridized carbons (Fsp3) is 0.273. The summed E-state index contributed by atoms with van der Waals surface area (Å²) >= 11 is 0. The summed E-state index contributed by atoms with van der Waals surface area (Å²) in [6.07, 6.45) is 4.60. The Kier molecular flexibility index (Phi) is 6.96. The van der Waals surface area contributed by atoms with Gasteiger partial charge in [-0.3, -0.25) is 10.6 Å². The zero-order valence-corrected chi connectivity index (χ0v) is 18.7. The Labute approximate surface area is 202 Å². The number of nitrogens with zero attached hydrogens (tertiary/aromatic N) is 2. The summed E-state index contributed by atoms with van der Waals surface area (Å²) in [5.74, 6) is -0.401. The van der Waals surface area contributed by atoms with Gasteiger partial charge in [-0.1, -0.05) is 0 Å². The topological polar surface area (TPSA) is 184 Å². The maximum Gasteiger partial charge on any atom is 0.357 e. The van der Waals surface area contributed by atoms with Gasteiger partial charge in [0.15, 0.2) is 23.2 Å². The van der Waals surface area contributed by atoms with E-state index in [1.54, 1.807) is 0 Å². The van der Waals surface area contributed by atoms with E-state index in [-0.39, 0.29) is 45.9 Å². The Balaban J connectivity index is 1.64. The van der Waals surface area contributed by atoms with Gasteiger partial charge < -0.3 is 31.9 Å². The van der Waals surface area contributed by atoms with Gasteiger partial charge in [-0.2, -0.15) is 0 Å². The second-order valence-electron chi connectivity index (χ2n) is 8.28. The van der Waals surface area contributed by atoms with Crippen LogP contribution < -0.4 is 27.6 Å². The molecule has 1 aliphatic rings. The third kappa shape index (κ3) is 4.88. The van der Waals surface area contributed by atoms with Gasteiger partial charge in [-0.15, -0.1) is 0 Å². The first kappa shape index (κ1) is 24.8. The fourth-order valence-electron chi connectivity index (χ4n) is 4.24. The van der Waals surface area contributed by atoms with Gasteiger partial charge in [0.2, 0.25) is 0 Å². The van der Waals surface area contributed by atoms with Crippen LogP contribution in [0.5, 0.6) is 0 Å². The number of carboxylic acids is 1. The number of halogens is 3. The highest BCUT2D eigenvalue weighted by Crippen LogP contribution is 2.31. The number of anilines is 1. The van der Waals surface area contributed by atoms with E-state index in [1.165, 1.54) is 6.20 Å². The van der Waals surface area contributed by atoms with Crippen LogP contribution in [0.4, 0.5) is 19.0 Å². The number of nitrogens with one attached hydrogen (secondary N) is 4. The second-order valence-corrected chi connectivity index (χ2v) is 8.28. The van der Waals surface area contributed by atoms with Crippen LogP contribution >= 0.6 is 0 Å². The Morgan fingerprint density at radius 3 is 2.61 bits per heavy atom. The standard InChI is InChI=1S/C22H23F3N8O3/c23-9-4-12-13(8-28-17(12)14(24)5-9)19-31-18(22(35)36)16(25)20(32-19)29-10-2-1-3-11(6-10)30-21(34)15(7-26)33-27/h4-5,7-8,10-11,28,33H,1-3,6,26-27H2,(H,30,34)(H,35,36)(H,29,31,32)/b15-7-. The number of hydrogen-bond acceptors (Lipinski definition) is 8. The minimum Gasteiger partial charge on any atom is -0.476 e. The van der Waals surface area contributed by atoms with Crippen LogP contribution in [0, 0.1) is 17.5 Å². The Hall–Kier alpha value is -4.33. The number of aromatic amines is 1. The van der Waals surface area contributed by atoms with E-state index >= 15 is 4.39 Å². The zero-order chi connectivity index (χ0) is 26.0. The van der Waals surface area contributed by atoms with Crippen molar-refractivity contribution < 1.29 is 27.9 Å². The number of amides is 1. The summed E-state index contributed by atoms with van der Waals surface area (Å²) in [6, 6.07) is 1.06. The molecule has 4 rings (SSSR count).